The van der Waals surface area contributed by atoms with Gasteiger partial charge in [0.2, 0.25) is 0 Å². The Hall–Kier alpha value is -1.44. The first-order chi connectivity index (χ1) is 13.6. The third-order valence-electron chi connectivity index (χ3n) is 8.85. The molecule has 0 radical (unpaired) electrons. The summed E-state index contributed by atoms with van der Waals surface area (Å²) in [5.41, 5.74) is 4.74. The summed E-state index contributed by atoms with van der Waals surface area (Å²) in [6.45, 7) is 15.4. The van der Waals surface area contributed by atoms with Crippen LogP contribution in [-0.2, 0) is 9.59 Å². The van der Waals surface area contributed by atoms with Crippen molar-refractivity contribution in [3.05, 3.63) is 35.5 Å². The van der Waals surface area contributed by atoms with Crippen LogP contribution in [-0.4, -0.2) is 11.6 Å². The molecule has 5 atom stereocenters. The molecule has 4 aliphatic carbocycles. The number of carbonyl (C=O) groups is 2. The Morgan fingerprint density at radius 2 is 1.48 bits per heavy atom. The third kappa shape index (κ3) is 4.37. The van der Waals surface area contributed by atoms with E-state index in [-0.39, 0.29) is 5.41 Å². The molecule has 0 aromatic carbocycles. The van der Waals surface area contributed by atoms with Crippen molar-refractivity contribution in [1.29, 1.82) is 0 Å². The van der Waals surface area contributed by atoms with Gasteiger partial charge in [-0.1, -0.05) is 57.4 Å². The highest BCUT2D eigenvalue weighted by Gasteiger charge is 2.43. The van der Waals surface area contributed by atoms with Crippen molar-refractivity contribution in [2.75, 3.05) is 0 Å². The first-order valence-corrected chi connectivity index (χ1v) is 11.7. The Morgan fingerprint density at radius 3 is 2.07 bits per heavy atom. The standard InChI is InChI=1S/C15H22O.C12H18O/c1-10(2)12-5-6-13-8-14(16)7-11(3)15(13,4)9-12;1-9-7-11(13)8-10-5-3-4-6-12(9,10)2/h8,11-12H,1,5-7,9H2,2-4H3;8-9H,3-7H2,1-2H3/t11-,12-,15+;9-,12+/m11/s1. The summed E-state index contributed by atoms with van der Waals surface area (Å²) < 4.78 is 0. The lowest BCUT2D eigenvalue weighted by atomic mass is 9.57. The zero-order valence-electron chi connectivity index (χ0n) is 19.3. The van der Waals surface area contributed by atoms with E-state index < -0.39 is 0 Å². The van der Waals surface area contributed by atoms with Gasteiger partial charge in [0, 0.05) is 12.8 Å². The summed E-state index contributed by atoms with van der Waals surface area (Å²) >= 11 is 0. The summed E-state index contributed by atoms with van der Waals surface area (Å²) in [4.78, 5) is 23.0. The van der Waals surface area contributed by atoms with Gasteiger partial charge in [-0.3, -0.25) is 9.59 Å². The number of fused-ring (bicyclic) bond motifs is 2. The van der Waals surface area contributed by atoms with Crippen molar-refractivity contribution in [2.45, 2.75) is 92.4 Å². The van der Waals surface area contributed by atoms with Crippen LogP contribution in [0.25, 0.3) is 0 Å². The van der Waals surface area contributed by atoms with E-state index in [0.717, 1.165) is 25.7 Å². The van der Waals surface area contributed by atoms with Crippen LogP contribution in [0.2, 0.25) is 0 Å². The molecular weight excluding hydrogens is 356 g/mol. The van der Waals surface area contributed by atoms with E-state index in [4.69, 9.17) is 0 Å². The molecule has 0 aromatic rings. The van der Waals surface area contributed by atoms with E-state index in [9.17, 15) is 9.59 Å². The van der Waals surface area contributed by atoms with E-state index in [0.29, 0.717) is 34.7 Å². The number of hydrogen-bond donors (Lipinski definition) is 0. The minimum absolute atomic E-state index is 0.246. The second kappa shape index (κ2) is 8.36. The Kier molecular flexibility index (Phi) is 6.41. The minimum Gasteiger partial charge on any atom is -0.295 e. The summed E-state index contributed by atoms with van der Waals surface area (Å²) in [7, 11) is 0. The van der Waals surface area contributed by atoms with Crippen molar-refractivity contribution in [2.24, 2.45) is 28.6 Å². The quantitative estimate of drug-likeness (QED) is 0.447. The Bertz CT molecular complexity index is 754. The second-order valence-electron chi connectivity index (χ2n) is 10.8. The molecule has 2 saturated carbocycles. The first-order valence-electron chi connectivity index (χ1n) is 11.7. The van der Waals surface area contributed by atoms with Gasteiger partial charge in [0.1, 0.15) is 0 Å². The third-order valence-corrected chi connectivity index (χ3v) is 8.85. The van der Waals surface area contributed by atoms with E-state index >= 15 is 0 Å². The van der Waals surface area contributed by atoms with Gasteiger partial charge in [-0.25, -0.2) is 0 Å². The van der Waals surface area contributed by atoms with Crippen LogP contribution < -0.4 is 0 Å². The molecule has 0 N–H and O–H groups in total. The molecule has 0 spiro atoms. The maximum atomic E-state index is 11.6. The van der Waals surface area contributed by atoms with Crippen LogP contribution in [0.3, 0.4) is 0 Å². The maximum Gasteiger partial charge on any atom is 0.155 e. The molecule has 0 unspecified atom stereocenters. The second-order valence-corrected chi connectivity index (χ2v) is 10.8. The van der Waals surface area contributed by atoms with E-state index in [1.807, 2.05) is 12.2 Å². The van der Waals surface area contributed by atoms with Gasteiger partial charge in [0.15, 0.2) is 11.6 Å². The summed E-state index contributed by atoms with van der Waals surface area (Å²) in [5, 5.41) is 0. The topological polar surface area (TPSA) is 34.1 Å². The molecule has 29 heavy (non-hydrogen) atoms. The minimum atomic E-state index is 0.246. The predicted octanol–water partition coefficient (Wildman–Crippen LogP) is 7.01. The molecular formula is C27H40O2. The molecule has 2 fully saturated rings. The molecule has 2 heteroatoms. The van der Waals surface area contributed by atoms with Gasteiger partial charge in [-0.05, 0) is 86.2 Å². The lowest BCUT2D eigenvalue weighted by Crippen LogP contribution is -2.38. The highest BCUT2D eigenvalue weighted by molar-refractivity contribution is 5.92. The molecule has 0 amide bonds. The molecule has 4 rings (SSSR count). The Morgan fingerprint density at radius 1 is 0.931 bits per heavy atom. The molecule has 0 bridgehead atoms. The average Bonchev–Trinajstić information content (AvgIpc) is 2.64. The SMILES string of the molecule is C=C(C)[C@@H]1CCC2=CC(=O)C[C@@H](C)[C@]2(C)C1.C[C@@H]1CC(=O)C=C2CCCC[C@]21C. The van der Waals surface area contributed by atoms with Gasteiger partial charge < -0.3 is 0 Å². The molecule has 2 nitrogen and oxygen atoms in total. The Balaban J connectivity index is 0.000000169. The number of rotatable bonds is 1. The van der Waals surface area contributed by atoms with Gasteiger partial charge in [0.05, 0.1) is 0 Å². The van der Waals surface area contributed by atoms with E-state index in [1.54, 1.807) is 0 Å². The molecule has 0 aromatic heterocycles. The van der Waals surface area contributed by atoms with Gasteiger partial charge in [-0.2, -0.15) is 0 Å². The fourth-order valence-electron chi connectivity index (χ4n) is 6.15. The van der Waals surface area contributed by atoms with Crippen molar-refractivity contribution in [3.63, 3.8) is 0 Å². The van der Waals surface area contributed by atoms with Crippen LogP contribution in [0.4, 0.5) is 0 Å². The van der Waals surface area contributed by atoms with Gasteiger partial charge in [0.25, 0.3) is 0 Å². The number of ketones is 2. The predicted molar refractivity (Wildman–Crippen MR) is 121 cm³/mol. The van der Waals surface area contributed by atoms with Crippen LogP contribution >= 0.6 is 0 Å². The van der Waals surface area contributed by atoms with Crippen molar-refractivity contribution < 1.29 is 9.59 Å². The lowest BCUT2D eigenvalue weighted by Gasteiger charge is -2.47. The van der Waals surface area contributed by atoms with Crippen molar-refractivity contribution in [1.82, 2.24) is 0 Å². The molecule has 0 heterocycles. The summed E-state index contributed by atoms with van der Waals surface area (Å²) in [6.07, 6.45) is 13.9. The van der Waals surface area contributed by atoms with Crippen molar-refractivity contribution >= 4 is 11.6 Å². The summed E-state index contributed by atoms with van der Waals surface area (Å²) in [6, 6.07) is 0. The van der Waals surface area contributed by atoms with E-state index in [1.165, 1.54) is 48.8 Å². The highest BCUT2D eigenvalue weighted by atomic mass is 16.1. The van der Waals surface area contributed by atoms with Crippen LogP contribution in [0.5, 0.6) is 0 Å². The van der Waals surface area contributed by atoms with Crippen LogP contribution in [0, 0.1) is 28.6 Å². The van der Waals surface area contributed by atoms with Crippen LogP contribution in [0.1, 0.15) is 92.4 Å². The van der Waals surface area contributed by atoms with Gasteiger partial charge >= 0.3 is 0 Å². The lowest BCUT2D eigenvalue weighted by molar-refractivity contribution is -0.118. The fraction of sp³-hybridized carbons (Fsp3) is 0.704. The maximum absolute atomic E-state index is 11.6. The largest absolute Gasteiger partial charge is 0.295 e. The smallest absolute Gasteiger partial charge is 0.155 e. The monoisotopic (exact) mass is 396 g/mol. The first kappa shape index (κ1) is 22.2. The zero-order valence-corrected chi connectivity index (χ0v) is 19.3. The molecule has 160 valence electrons. The number of carbonyl (C=O) groups excluding carboxylic acids is 2. The Labute approximate surface area is 177 Å². The molecule has 0 aliphatic heterocycles. The van der Waals surface area contributed by atoms with E-state index in [2.05, 4.69) is 41.2 Å². The zero-order chi connectivity index (χ0) is 21.4. The normalized spacial score (nSPS) is 39.3. The molecule has 0 saturated heterocycles. The van der Waals surface area contributed by atoms with Crippen LogP contribution in [0.15, 0.2) is 35.5 Å². The number of allylic oxidation sites excluding steroid dienone is 5. The molecule has 4 aliphatic rings. The van der Waals surface area contributed by atoms with Gasteiger partial charge in [-0.15, -0.1) is 0 Å². The summed E-state index contributed by atoms with van der Waals surface area (Å²) in [5.74, 6) is 2.37. The van der Waals surface area contributed by atoms with Crippen molar-refractivity contribution in [3.8, 4) is 0 Å². The highest BCUT2D eigenvalue weighted by Crippen LogP contribution is 2.52. The average molecular weight is 397 g/mol. The fourth-order valence-corrected chi connectivity index (χ4v) is 6.15. The number of hydrogen-bond acceptors (Lipinski definition) is 2.